The highest BCUT2D eigenvalue weighted by Gasteiger charge is 2.47. The molecule has 0 bridgehead atoms. The molecule has 1 aliphatic carbocycles. The van der Waals surface area contributed by atoms with E-state index < -0.39 is 28.9 Å². The molecule has 0 aromatic heterocycles. The van der Waals surface area contributed by atoms with Crippen molar-refractivity contribution < 1.29 is 22.8 Å². The number of halogens is 4. The Kier molecular flexibility index (Phi) is 4.55. The van der Waals surface area contributed by atoms with Crippen molar-refractivity contribution in [3.63, 3.8) is 0 Å². The number of rotatable bonds is 1. The number of alkyl halides is 3. The van der Waals surface area contributed by atoms with Crippen LogP contribution in [0, 0.1) is 0 Å². The molecule has 0 fully saturated rings. The maximum atomic E-state index is 13.7. The van der Waals surface area contributed by atoms with Gasteiger partial charge in [0.1, 0.15) is 5.57 Å². The normalized spacial score (nSPS) is 15.2. The van der Waals surface area contributed by atoms with Crippen molar-refractivity contribution in [3.8, 4) is 0 Å². The van der Waals surface area contributed by atoms with Crippen LogP contribution in [0.25, 0.3) is 5.57 Å². The number of hydrogen-bond acceptors (Lipinski definition) is 2. The van der Waals surface area contributed by atoms with E-state index in [2.05, 4.69) is 0 Å². The fraction of sp³-hybridized carbons (Fsp3) is 0.238. The molecule has 0 unspecified atom stereocenters. The molecule has 2 aromatic rings. The lowest BCUT2D eigenvalue weighted by Crippen LogP contribution is -2.30. The highest BCUT2D eigenvalue weighted by Crippen LogP contribution is 2.41. The molecule has 27 heavy (non-hydrogen) atoms. The summed E-state index contributed by atoms with van der Waals surface area (Å²) in [7, 11) is 0. The Bertz CT molecular complexity index is 978. The first-order valence-electron chi connectivity index (χ1n) is 8.22. The Balaban J connectivity index is 2.26. The zero-order valence-electron chi connectivity index (χ0n) is 14.9. The fourth-order valence-electron chi connectivity index (χ4n) is 3.08. The Labute approximate surface area is 159 Å². The van der Waals surface area contributed by atoms with Gasteiger partial charge in [0, 0.05) is 21.7 Å². The van der Waals surface area contributed by atoms with Crippen LogP contribution in [0.3, 0.4) is 0 Å². The van der Waals surface area contributed by atoms with E-state index in [1.165, 1.54) is 24.3 Å². The van der Waals surface area contributed by atoms with Crippen molar-refractivity contribution in [1.29, 1.82) is 0 Å². The second-order valence-corrected chi connectivity index (χ2v) is 7.86. The topological polar surface area (TPSA) is 34.1 Å². The molecule has 0 radical (unpaired) electrons. The molecule has 6 heteroatoms. The number of carbonyl (C=O) groups is 2. The first-order chi connectivity index (χ1) is 12.4. The predicted octanol–water partition coefficient (Wildman–Crippen LogP) is 6.03. The van der Waals surface area contributed by atoms with Gasteiger partial charge in [-0.3, -0.25) is 9.59 Å². The summed E-state index contributed by atoms with van der Waals surface area (Å²) >= 11 is 5.88. The Morgan fingerprint density at radius 2 is 1.41 bits per heavy atom. The number of ketones is 2. The fourth-order valence-corrected chi connectivity index (χ4v) is 3.25. The summed E-state index contributed by atoms with van der Waals surface area (Å²) < 4.78 is 41.1. The Hall–Kier alpha value is -2.40. The molecule has 140 valence electrons. The zero-order chi connectivity index (χ0) is 20.1. The Morgan fingerprint density at radius 3 is 1.93 bits per heavy atom. The average Bonchev–Trinajstić information content (AvgIpc) is 2.56. The number of benzene rings is 2. The number of fused-ring (bicyclic) bond motifs is 1. The van der Waals surface area contributed by atoms with Gasteiger partial charge in [0.05, 0.1) is 0 Å². The van der Waals surface area contributed by atoms with Gasteiger partial charge >= 0.3 is 6.18 Å². The third-order valence-electron chi connectivity index (χ3n) is 4.50. The van der Waals surface area contributed by atoms with Crippen molar-refractivity contribution in [2.24, 2.45) is 0 Å². The second-order valence-electron chi connectivity index (χ2n) is 7.42. The molecule has 2 nitrogen and oxygen atoms in total. The van der Waals surface area contributed by atoms with E-state index in [1.54, 1.807) is 12.1 Å². The van der Waals surface area contributed by atoms with Crippen LogP contribution in [0.2, 0.25) is 5.02 Å². The zero-order valence-corrected chi connectivity index (χ0v) is 15.6. The standard InChI is InChI=1S/C21H16ClF3O2/c1-20(2,3)12-6-4-11(5-7-12)16-17(21(23,24)25)19(27)14-9-8-13(22)10-15(14)18(16)26/h4-10H,1-3H3. The molecule has 0 N–H and O–H groups in total. The number of hydrogen-bond donors (Lipinski definition) is 0. The molecule has 0 saturated carbocycles. The molecule has 0 spiro atoms. The maximum Gasteiger partial charge on any atom is 0.420 e. The lowest BCUT2D eigenvalue weighted by atomic mass is 9.79. The first-order valence-corrected chi connectivity index (χ1v) is 8.60. The summed E-state index contributed by atoms with van der Waals surface area (Å²) in [5.74, 6) is -2.08. The van der Waals surface area contributed by atoms with Gasteiger partial charge in [0.2, 0.25) is 0 Å². The molecular weight excluding hydrogens is 377 g/mol. The van der Waals surface area contributed by atoms with E-state index in [1.807, 2.05) is 20.8 Å². The molecule has 2 aromatic carbocycles. The van der Waals surface area contributed by atoms with Crippen LogP contribution in [0.5, 0.6) is 0 Å². The summed E-state index contributed by atoms with van der Waals surface area (Å²) in [6.07, 6.45) is -4.96. The van der Waals surface area contributed by atoms with Crippen molar-refractivity contribution in [3.05, 3.63) is 75.3 Å². The molecule has 0 atom stereocenters. The molecule has 3 rings (SSSR count). The lowest BCUT2D eigenvalue weighted by molar-refractivity contribution is -0.0883. The SMILES string of the molecule is CC(C)(C)c1ccc(C2=C(C(F)(F)F)C(=O)c3ccc(Cl)cc3C2=O)cc1. The van der Waals surface area contributed by atoms with Crippen LogP contribution in [-0.2, 0) is 5.41 Å². The minimum absolute atomic E-state index is 0.0549. The summed E-state index contributed by atoms with van der Waals surface area (Å²) in [5, 5.41) is 0.174. The van der Waals surface area contributed by atoms with Crippen molar-refractivity contribution in [2.75, 3.05) is 0 Å². The second kappa shape index (κ2) is 6.34. The summed E-state index contributed by atoms with van der Waals surface area (Å²) in [5.41, 5.74) is -1.72. The van der Waals surface area contributed by atoms with E-state index in [-0.39, 0.29) is 27.1 Å². The molecule has 0 saturated heterocycles. The van der Waals surface area contributed by atoms with Gasteiger partial charge in [0.15, 0.2) is 11.6 Å². The monoisotopic (exact) mass is 392 g/mol. The van der Waals surface area contributed by atoms with E-state index >= 15 is 0 Å². The van der Waals surface area contributed by atoms with Crippen LogP contribution in [0.4, 0.5) is 13.2 Å². The highest BCUT2D eigenvalue weighted by atomic mass is 35.5. The van der Waals surface area contributed by atoms with E-state index in [0.717, 1.165) is 11.6 Å². The largest absolute Gasteiger partial charge is 0.420 e. The third-order valence-corrected chi connectivity index (χ3v) is 4.73. The van der Waals surface area contributed by atoms with Crippen LogP contribution in [-0.4, -0.2) is 17.7 Å². The van der Waals surface area contributed by atoms with Crippen LogP contribution >= 0.6 is 11.6 Å². The van der Waals surface area contributed by atoms with Gasteiger partial charge < -0.3 is 0 Å². The quantitative estimate of drug-likeness (QED) is 0.593. The van der Waals surface area contributed by atoms with Crippen LogP contribution in [0.1, 0.15) is 52.6 Å². The van der Waals surface area contributed by atoms with Gasteiger partial charge in [0.25, 0.3) is 0 Å². The minimum Gasteiger partial charge on any atom is -0.289 e. The number of allylic oxidation sites excluding steroid dienone is 2. The van der Waals surface area contributed by atoms with Crippen LogP contribution < -0.4 is 0 Å². The molecule has 1 aliphatic rings. The highest BCUT2D eigenvalue weighted by molar-refractivity contribution is 6.42. The van der Waals surface area contributed by atoms with Gasteiger partial charge in [-0.05, 0) is 34.7 Å². The Morgan fingerprint density at radius 1 is 0.815 bits per heavy atom. The number of carbonyl (C=O) groups excluding carboxylic acids is 2. The van der Waals surface area contributed by atoms with Gasteiger partial charge in [-0.1, -0.05) is 56.6 Å². The average molecular weight is 393 g/mol. The maximum absolute atomic E-state index is 13.7. The lowest BCUT2D eigenvalue weighted by Gasteiger charge is -2.24. The predicted molar refractivity (Wildman–Crippen MR) is 98.2 cm³/mol. The van der Waals surface area contributed by atoms with E-state index in [9.17, 15) is 22.8 Å². The van der Waals surface area contributed by atoms with Gasteiger partial charge in [-0.2, -0.15) is 13.2 Å². The smallest absolute Gasteiger partial charge is 0.289 e. The van der Waals surface area contributed by atoms with Crippen LogP contribution in [0.15, 0.2) is 48.0 Å². The summed E-state index contributed by atoms with van der Waals surface area (Å²) in [6.45, 7) is 5.90. The summed E-state index contributed by atoms with van der Waals surface area (Å²) in [6, 6.07) is 9.91. The minimum atomic E-state index is -4.96. The van der Waals surface area contributed by atoms with Crippen molar-refractivity contribution >= 4 is 28.7 Å². The van der Waals surface area contributed by atoms with Gasteiger partial charge in [-0.15, -0.1) is 0 Å². The summed E-state index contributed by atoms with van der Waals surface area (Å²) in [4.78, 5) is 25.4. The van der Waals surface area contributed by atoms with E-state index in [0.29, 0.717) is 0 Å². The van der Waals surface area contributed by atoms with Gasteiger partial charge in [-0.25, -0.2) is 0 Å². The third kappa shape index (κ3) is 3.44. The number of Topliss-reactive ketones (excluding diaryl/α,β-unsaturated/α-hetero) is 2. The van der Waals surface area contributed by atoms with Crippen molar-refractivity contribution in [1.82, 2.24) is 0 Å². The first kappa shape index (κ1) is 19.4. The van der Waals surface area contributed by atoms with Crippen molar-refractivity contribution in [2.45, 2.75) is 32.4 Å². The molecule has 0 heterocycles. The molecule has 0 amide bonds. The molecular formula is C21H16ClF3O2. The molecule has 0 aliphatic heterocycles. The van der Waals surface area contributed by atoms with E-state index in [4.69, 9.17) is 11.6 Å².